The molecule has 0 fully saturated rings. The maximum absolute atomic E-state index is 11.4. The minimum Gasteiger partial charge on any atom is -0.350 e. The van der Waals surface area contributed by atoms with Crippen LogP contribution in [-0.2, 0) is 11.8 Å². The molecule has 1 amide bonds. The van der Waals surface area contributed by atoms with Crippen molar-refractivity contribution in [2.24, 2.45) is 5.73 Å². The number of rotatable bonds is 1. The van der Waals surface area contributed by atoms with Gasteiger partial charge >= 0.3 is 6.03 Å². The van der Waals surface area contributed by atoms with Gasteiger partial charge in [-0.25, -0.2) is 4.79 Å². The van der Waals surface area contributed by atoms with Crippen LogP contribution in [0.2, 0.25) is 0 Å². The Morgan fingerprint density at radius 2 is 2.11 bits per heavy atom. The first-order valence-electron chi connectivity index (χ1n) is 6.22. The van der Waals surface area contributed by atoms with E-state index >= 15 is 0 Å². The Bertz CT molecular complexity index is 657. The average Bonchev–Trinajstić information content (AvgIpc) is 2.82. The first kappa shape index (κ1) is 11.7. The number of primary amides is 1. The van der Waals surface area contributed by atoms with Crippen LogP contribution in [-0.4, -0.2) is 15.8 Å². The van der Waals surface area contributed by atoms with E-state index in [0.29, 0.717) is 6.42 Å². The molecule has 2 N–H and O–H groups in total. The van der Waals surface area contributed by atoms with Gasteiger partial charge in [-0.2, -0.15) is 9.78 Å². The summed E-state index contributed by atoms with van der Waals surface area (Å²) in [4.78, 5) is 11.4. The fourth-order valence-electron chi connectivity index (χ4n) is 2.59. The van der Waals surface area contributed by atoms with Gasteiger partial charge in [-0.15, -0.1) is 0 Å². The predicted octanol–water partition coefficient (Wildman–Crippen LogP) is 2.34. The molecular weight excluding hydrogens is 238 g/mol. The zero-order chi connectivity index (χ0) is 13.5. The second-order valence-corrected chi connectivity index (χ2v) is 5.09. The number of carbonyl (C=O) groups excluding carboxylic acids is 1. The third-order valence-corrected chi connectivity index (χ3v) is 3.71. The van der Waals surface area contributed by atoms with Crippen LogP contribution in [0.1, 0.15) is 23.7 Å². The molecule has 4 nitrogen and oxygen atoms in total. The summed E-state index contributed by atoms with van der Waals surface area (Å²) in [5.74, 6) is 0. The number of benzene rings is 1. The van der Waals surface area contributed by atoms with Gasteiger partial charge in [-0.3, -0.25) is 0 Å². The lowest BCUT2D eigenvalue weighted by molar-refractivity contribution is 0.246. The molecule has 0 saturated carbocycles. The van der Waals surface area contributed by atoms with E-state index in [-0.39, 0.29) is 5.41 Å². The predicted molar refractivity (Wildman–Crippen MR) is 73.7 cm³/mol. The lowest BCUT2D eigenvalue weighted by Gasteiger charge is -2.29. The lowest BCUT2D eigenvalue weighted by Crippen LogP contribution is -2.30. The standard InChI is InChI=1S/C15H15N3O/c1-15(12-5-3-2-4-6-12)8-7-11-10-17-18(14(16)19)13(11)9-15/h2-8,10H,9H2,1H3,(H2,16,19). The second kappa shape index (κ2) is 4.09. The summed E-state index contributed by atoms with van der Waals surface area (Å²) in [7, 11) is 0. The maximum Gasteiger partial charge on any atom is 0.339 e. The highest BCUT2D eigenvalue weighted by molar-refractivity contribution is 5.76. The normalized spacial score (nSPS) is 21.1. The molecule has 0 bridgehead atoms. The fraction of sp³-hybridized carbons (Fsp3) is 0.200. The number of aromatic nitrogens is 2. The van der Waals surface area contributed by atoms with E-state index < -0.39 is 6.03 Å². The van der Waals surface area contributed by atoms with Crippen LogP contribution >= 0.6 is 0 Å². The van der Waals surface area contributed by atoms with Crippen molar-refractivity contribution in [1.29, 1.82) is 0 Å². The third kappa shape index (κ3) is 1.85. The van der Waals surface area contributed by atoms with E-state index in [2.05, 4.69) is 30.2 Å². The summed E-state index contributed by atoms with van der Waals surface area (Å²) in [5.41, 5.74) is 8.27. The number of fused-ring (bicyclic) bond motifs is 1. The van der Waals surface area contributed by atoms with Crippen molar-refractivity contribution < 1.29 is 4.79 Å². The molecule has 1 unspecified atom stereocenters. The van der Waals surface area contributed by atoms with Crippen molar-refractivity contribution >= 4 is 12.1 Å². The second-order valence-electron chi connectivity index (χ2n) is 5.09. The van der Waals surface area contributed by atoms with Crippen molar-refractivity contribution in [1.82, 2.24) is 9.78 Å². The van der Waals surface area contributed by atoms with Gasteiger partial charge in [0.1, 0.15) is 0 Å². The largest absolute Gasteiger partial charge is 0.350 e. The Kier molecular flexibility index (Phi) is 2.52. The zero-order valence-electron chi connectivity index (χ0n) is 10.7. The molecule has 0 radical (unpaired) electrons. The quantitative estimate of drug-likeness (QED) is 0.848. The molecule has 1 heterocycles. The number of carbonyl (C=O) groups is 1. The number of hydrogen-bond donors (Lipinski definition) is 1. The van der Waals surface area contributed by atoms with Crippen LogP contribution in [0.15, 0.2) is 42.6 Å². The fourth-order valence-corrected chi connectivity index (χ4v) is 2.59. The molecular formula is C15H15N3O. The van der Waals surface area contributed by atoms with E-state index in [4.69, 9.17) is 5.73 Å². The van der Waals surface area contributed by atoms with Gasteiger partial charge < -0.3 is 5.73 Å². The number of nitrogens with two attached hydrogens (primary N) is 1. The zero-order valence-corrected chi connectivity index (χ0v) is 10.7. The van der Waals surface area contributed by atoms with Crippen LogP contribution in [0.25, 0.3) is 6.08 Å². The Balaban J connectivity index is 2.06. The van der Waals surface area contributed by atoms with Gasteiger partial charge in [0.25, 0.3) is 0 Å². The van der Waals surface area contributed by atoms with Gasteiger partial charge in [0, 0.05) is 17.4 Å². The molecule has 19 heavy (non-hydrogen) atoms. The Labute approximate surface area is 111 Å². The highest BCUT2D eigenvalue weighted by atomic mass is 16.2. The highest BCUT2D eigenvalue weighted by Gasteiger charge is 2.30. The minimum atomic E-state index is -0.535. The van der Waals surface area contributed by atoms with Gasteiger partial charge in [0.2, 0.25) is 0 Å². The molecule has 96 valence electrons. The summed E-state index contributed by atoms with van der Waals surface area (Å²) >= 11 is 0. The van der Waals surface area contributed by atoms with E-state index in [1.165, 1.54) is 10.2 Å². The van der Waals surface area contributed by atoms with Crippen molar-refractivity contribution in [2.45, 2.75) is 18.8 Å². The molecule has 0 spiro atoms. The summed E-state index contributed by atoms with van der Waals surface area (Å²) in [6.45, 7) is 2.15. The molecule has 1 atom stereocenters. The first-order valence-corrected chi connectivity index (χ1v) is 6.22. The van der Waals surface area contributed by atoms with Crippen molar-refractivity contribution in [3.8, 4) is 0 Å². The van der Waals surface area contributed by atoms with Crippen LogP contribution in [0.3, 0.4) is 0 Å². The SMILES string of the molecule is CC1(c2ccccc2)C=Cc2cnn(C(N)=O)c2C1. The van der Waals surface area contributed by atoms with Crippen LogP contribution in [0.5, 0.6) is 0 Å². The minimum absolute atomic E-state index is 0.137. The molecule has 0 saturated heterocycles. The average molecular weight is 253 g/mol. The lowest BCUT2D eigenvalue weighted by atomic mass is 9.75. The number of nitrogens with zero attached hydrogens (tertiary/aromatic N) is 2. The molecule has 1 aliphatic rings. The van der Waals surface area contributed by atoms with Crippen molar-refractivity contribution in [3.05, 3.63) is 59.4 Å². The van der Waals surface area contributed by atoms with E-state index in [9.17, 15) is 4.79 Å². The van der Waals surface area contributed by atoms with Gasteiger partial charge in [0.15, 0.2) is 0 Å². The van der Waals surface area contributed by atoms with Crippen molar-refractivity contribution in [3.63, 3.8) is 0 Å². The summed E-state index contributed by atoms with van der Waals surface area (Å²) in [6.07, 6.45) is 6.57. The molecule has 2 aromatic rings. The van der Waals surface area contributed by atoms with Crippen LogP contribution in [0, 0.1) is 0 Å². The summed E-state index contributed by atoms with van der Waals surface area (Å²) < 4.78 is 1.29. The molecule has 1 aliphatic carbocycles. The number of amides is 1. The third-order valence-electron chi connectivity index (χ3n) is 3.71. The Hall–Kier alpha value is -2.36. The van der Waals surface area contributed by atoms with Crippen molar-refractivity contribution in [2.75, 3.05) is 0 Å². The first-order chi connectivity index (χ1) is 9.10. The molecule has 0 aliphatic heterocycles. The number of hydrogen-bond acceptors (Lipinski definition) is 2. The van der Waals surface area contributed by atoms with E-state index in [0.717, 1.165) is 11.3 Å². The highest BCUT2D eigenvalue weighted by Crippen LogP contribution is 2.35. The van der Waals surface area contributed by atoms with Gasteiger partial charge in [0.05, 0.1) is 11.9 Å². The maximum atomic E-state index is 11.4. The van der Waals surface area contributed by atoms with Gasteiger partial charge in [-0.1, -0.05) is 49.4 Å². The van der Waals surface area contributed by atoms with Crippen LogP contribution < -0.4 is 5.73 Å². The monoisotopic (exact) mass is 253 g/mol. The summed E-state index contributed by atoms with van der Waals surface area (Å²) in [5, 5.41) is 4.05. The van der Waals surface area contributed by atoms with E-state index in [1.807, 2.05) is 24.3 Å². The Morgan fingerprint density at radius 1 is 1.37 bits per heavy atom. The smallest absolute Gasteiger partial charge is 0.339 e. The molecule has 1 aromatic carbocycles. The number of allylic oxidation sites excluding steroid dienone is 1. The Morgan fingerprint density at radius 3 is 2.79 bits per heavy atom. The summed E-state index contributed by atoms with van der Waals surface area (Å²) in [6, 6.07) is 9.70. The molecule has 1 aromatic heterocycles. The topological polar surface area (TPSA) is 60.9 Å². The molecule has 3 rings (SSSR count). The van der Waals surface area contributed by atoms with Crippen LogP contribution in [0.4, 0.5) is 4.79 Å². The van der Waals surface area contributed by atoms with E-state index in [1.54, 1.807) is 6.20 Å². The molecule has 4 heteroatoms. The van der Waals surface area contributed by atoms with Gasteiger partial charge in [-0.05, 0) is 5.56 Å².